The Kier molecular flexibility index (Phi) is 4.59. The first-order valence-corrected chi connectivity index (χ1v) is 6.61. The molecule has 2 rings (SSSR count). The largest absolute Gasteiger partial charge is 0.495 e. The minimum absolute atomic E-state index is 0.286. The second-order valence-corrected chi connectivity index (χ2v) is 4.50. The van der Waals surface area contributed by atoms with Crippen LogP contribution >= 0.6 is 0 Å². The number of H-pyrrole nitrogens is 1. The number of rotatable bonds is 6. The van der Waals surface area contributed by atoms with E-state index in [-0.39, 0.29) is 5.56 Å². The van der Waals surface area contributed by atoms with E-state index in [0.29, 0.717) is 36.3 Å². The number of carbonyl (C=O) groups is 1. The molecule has 2 aromatic rings. The molecule has 6 nitrogen and oxygen atoms in total. The van der Waals surface area contributed by atoms with Crippen molar-refractivity contribution in [2.75, 3.05) is 20.3 Å². The molecular weight excluding hydrogens is 274 g/mol. The highest BCUT2D eigenvalue weighted by molar-refractivity contribution is 5.94. The molecule has 0 saturated heterocycles. The molecule has 0 saturated carbocycles. The van der Waals surface area contributed by atoms with E-state index >= 15 is 0 Å². The number of hydrogen-bond acceptors (Lipinski definition) is 4. The predicted molar refractivity (Wildman–Crippen MR) is 78.3 cm³/mol. The number of carboxylic acids is 1. The number of fused-ring (bicyclic) bond motifs is 1. The molecule has 0 amide bonds. The summed E-state index contributed by atoms with van der Waals surface area (Å²) in [5.74, 6) is -0.745. The van der Waals surface area contributed by atoms with Gasteiger partial charge in [0, 0.05) is 12.8 Å². The van der Waals surface area contributed by atoms with E-state index < -0.39 is 11.4 Å². The van der Waals surface area contributed by atoms with Gasteiger partial charge in [0.2, 0.25) is 5.43 Å². The first-order chi connectivity index (χ1) is 10.1. The summed E-state index contributed by atoms with van der Waals surface area (Å²) in [6.07, 6.45) is 1.81. The lowest BCUT2D eigenvalue weighted by atomic mass is 10.1. The van der Waals surface area contributed by atoms with E-state index in [1.54, 1.807) is 6.07 Å². The van der Waals surface area contributed by atoms with Gasteiger partial charge < -0.3 is 19.6 Å². The quantitative estimate of drug-likeness (QED) is 0.792. The molecule has 0 aliphatic heterocycles. The van der Waals surface area contributed by atoms with Gasteiger partial charge in [-0.3, -0.25) is 4.79 Å². The zero-order valence-electron chi connectivity index (χ0n) is 11.9. The van der Waals surface area contributed by atoms with Gasteiger partial charge in [0.1, 0.15) is 11.3 Å². The van der Waals surface area contributed by atoms with Crippen LogP contribution in [0.5, 0.6) is 5.75 Å². The van der Waals surface area contributed by atoms with Gasteiger partial charge in [-0.25, -0.2) is 4.79 Å². The maximum atomic E-state index is 12.2. The molecule has 112 valence electrons. The zero-order valence-corrected chi connectivity index (χ0v) is 11.9. The fourth-order valence-electron chi connectivity index (χ4n) is 2.15. The van der Waals surface area contributed by atoms with Crippen LogP contribution in [0.3, 0.4) is 0 Å². The molecule has 0 aliphatic rings. The predicted octanol–water partition coefficient (Wildman–Crippen LogP) is 1.81. The maximum absolute atomic E-state index is 12.2. The Hall–Kier alpha value is -2.34. The number of nitrogens with one attached hydrogen (secondary N) is 1. The van der Waals surface area contributed by atoms with Gasteiger partial charge >= 0.3 is 5.97 Å². The van der Waals surface area contributed by atoms with Crippen LogP contribution < -0.4 is 10.2 Å². The Balaban J connectivity index is 2.57. The second-order valence-electron chi connectivity index (χ2n) is 4.50. The summed E-state index contributed by atoms with van der Waals surface area (Å²) >= 11 is 0. The summed E-state index contributed by atoms with van der Waals surface area (Å²) in [7, 11) is 1.50. The van der Waals surface area contributed by atoms with Crippen molar-refractivity contribution < 1.29 is 19.4 Å². The summed E-state index contributed by atoms with van der Waals surface area (Å²) in [4.78, 5) is 26.1. The number of ether oxygens (including phenoxy) is 2. The van der Waals surface area contributed by atoms with Crippen LogP contribution in [0.4, 0.5) is 0 Å². The fraction of sp³-hybridized carbons (Fsp3) is 0.333. The minimum atomic E-state index is -1.25. The lowest BCUT2D eigenvalue weighted by molar-refractivity contribution is 0.0695. The highest BCUT2D eigenvalue weighted by Gasteiger charge is 2.14. The van der Waals surface area contributed by atoms with Crippen LogP contribution in [0.15, 0.2) is 23.1 Å². The molecule has 0 fully saturated rings. The first-order valence-electron chi connectivity index (χ1n) is 6.61. The number of benzene rings is 1. The average Bonchev–Trinajstić information content (AvgIpc) is 2.47. The third kappa shape index (κ3) is 3.05. The Bertz CT molecular complexity index is 720. The molecule has 2 N–H and O–H groups in total. The van der Waals surface area contributed by atoms with Crippen molar-refractivity contribution in [3.63, 3.8) is 0 Å². The topological polar surface area (TPSA) is 88.6 Å². The summed E-state index contributed by atoms with van der Waals surface area (Å²) in [5.41, 5.74) is 0.549. The number of aromatic nitrogens is 1. The summed E-state index contributed by atoms with van der Waals surface area (Å²) in [6.45, 7) is 3.06. The first kappa shape index (κ1) is 15.1. The molecule has 1 heterocycles. The number of pyridine rings is 1. The van der Waals surface area contributed by atoms with Crippen LogP contribution in [-0.2, 0) is 11.2 Å². The molecule has 0 aliphatic carbocycles. The van der Waals surface area contributed by atoms with Gasteiger partial charge in [0.15, 0.2) is 0 Å². The van der Waals surface area contributed by atoms with E-state index in [1.807, 2.05) is 13.0 Å². The van der Waals surface area contributed by atoms with Crippen molar-refractivity contribution in [2.45, 2.75) is 13.3 Å². The van der Waals surface area contributed by atoms with Crippen molar-refractivity contribution in [3.8, 4) is 5.75 Å². The van der Waals surface area contributed by atoms with Gasteiger partial charge in [0.25, 0.3) is 0 Å². The van der Waals surface area contributed by atoms with Crippen molar-refractivity contribution >= 4 is 16.9 Å². The Morgan fingerprint density at radius 2 is 2.14 bits per heavy atom. The number of aromatic carboxylic acids is 1. The van der Waals surface area contributed by atoms with Gasteiger partial charge in [-0.1, -0.05) is 0 Å². The molecule has 0 unspecified atom stereocenters. The minimum Gasteiger partial charge on any atom is -0.495 e. The maximum Gasteiger partial charge on any atom is 0.341 e. The number of aromatic amines is 1. The molecule has 0 spiro atoms. The van der Waals surface area contributed by atoms with E-state index in [1.165, 1.54) is 13.3 Å². The summed E-state index contributed by atoms with van der Waals surface area (Å²) in [6, 6.07) is 3.50. The zero-order chi connectivity index (χ0) is 15.4. The Morgan fingerprint density at radius 1 is 1.38 bits per heavy atom. The van der Waals surface area contributed by atoms with Crippen LogP contribution in [0, 0.1) is 0 Å². The fourth-order valence-corrected chi connectivity index (χ4v) is 2.15. The number of hydrogen-bond donors (Lipinski definition) is 2. The van der Waals surface area contributed by atoms with E-state index in [2.05, 4.69) is 4.98 Å². The highest BCUT2D eigenvalue weighted by Crippen LogP contribution is 2.24. The van der Waals surface area contributed by atoms with Crippen molar-refractivity contribution in [3.05, 3.63) is 39.7 Å². The van der Waals surface area contributed by atoms with E-state index in [4.69, 9.17) is 14.6 Å². The Labute approximate surface area is 121 Å². The van der Waals surface area contributed by atoms with Crippen molar-refractivity contribution in [2.24, 2.45) is 0 Å². The van der Waals surface area contributed by atoms with Gasteiger partial charge in [-0.2, -0.15) is 0 Å². The molecule has 1 aromatic carbocycles. The van der Waals surface area contributed by atoms with E-state index in [0.717, 1.165) is 5.56 Å². The number of methoxy groups -OCH3 is 1. The monoisotopic (exact) mass is 291 g/mol. The van der Waals surface area contributed by atoms with Crippen LogP contribution in [0.25, 0.3) is 10.9 Å². The van der Waals surface area contributed by atoms with Crippen molar-refractivity contribution in [1.29, 1.82) is 0 Å². The third-order valence-electron chi connectivity index (χ3n) is 3.20. The molecule has 6 heteroatoms. The highest BCUT2D eigenvalue weighted by atomic mass is 16.5. The SMILES string of the molecule is CCOCCc1cc(OC)c2[nH]cc(C(=O)O)c(=O)c2c1. The molecular formula is C15H17NO5. The lowest BCUT2D eigenvalue weighted by Gasteiger charge is -2.09. The lowest BCUT2D eigenvalue weighted by Crippen LogP contribution is -2.16. The standard InChI is InChI=1S/C15H17NO5/c1-3-21-5-4-9-6-10-13(12(7-9)20-2)16-8-11(14(10)17)15(18)19/h6-8H,3-5H2,1-2H3,(H,16,17)(H,18,19). The molecule has 0 bridgehead atoms. The third-order valence-corrected chi connectivity index (χ3v) is 3.20. The van der Waals surface area contributed by atoms with Gasteiger partial charge in [0.05, 0.1) is 24.6 Å². The summed E-state index contributed by atoms with van der Waals surface area (Å²) < 4.78 is 10.6. The van der Waals surface area contributed by atoms with Gasteiger partial charge in [-0.15, -0.1) is 0 Å². The molecule has 0 atom stereocenters. The molecule has 1 aromatic heterocycles. The summed E-state index contributed by atoms with van der Waals surface area (Å²) in [5, 5.41) is 9.33. The van der Waals surface area contributed by atoms with Crippen LogP contribution in [0.1, 0.15) is 22.8 Å². The smallest absolute Gasteiger partial charge is 0.341 e. The van der Waals surface area contributed by atoms with Crippen molar-refractivity contribution in [1.82, 2.24) is 4.98 Å². The average molecular weight is 291 g/mol. The van der Waals surface area contributed by atoms with Crippen LogP contribution in [-0.4, -0.2) is 36.4 Å². The van der Waals surface area contributed by atoms with Gasteiger partial charge in [-0.05, 0) is 31.0 Å². The Morgan fingerprint density at radius 3 is 2.76 bits per heavy atom. The molecule has 21 heavy (non-hydrogen) atoms. The van der Waals surface area contributed by atoms with Crippen LogP contribution in [0.2, 0.25) is 0 Å². The second kappa shape index (κ2) is 6.41. The molecule has 0 radical (unpaired) electrons. The van der Waals surface area contributed by atoms with E-state index in [9.17, 15) is 9.59 Å². The normalized spacial score (nSPS) is 10.8. The number of carboxylic acid groups (broad SMARTS) is 1.